The van der Waals surface area contributed by atoms with Crippen LogP contribution in [0, 0.1) is 0 Å². The van der Waals surface area contributed by atoms with Gasteiger partial charge in [0.05, 0.1) is 11.7 Å². The van der Waals surface area contributed by atoms with Crippen LogP contribution in [0.4, 0.5) is 0 Å². The highest BCUT2D eigenvalue weighted by atomic mass is 15.3. The van der Waals surface area contributed by atoms with E-state index < -0.39 is 0 Å². The fraction of sp³-hybridized carbons (Fsp3) is 0.750. The Hall–Kier alpha value is -0.830. The molecule has 84 valence electrons. The fourth-order valence-corrected chi connectivity index (χ4v) is 2.46. The number of hydrogen-bond donors (Lipinski definition) is 0. The second-order valence-electron chi connectivity index (χ2n) is 4.59. The van der Waals surface area contributed by atoms with Crippen molar-refractivity contribution in [2.75, 3.05) is 6.54 Å². The molecule has 1 aliphatic rings. The molecule has 0 bridgehead atoms. The van der Waals surface area contributed by atoms with E-state index in [1.165, 1.54) is 25.1 Å². The molecule has 1 fully saturated rings. The summed E-state index contributed by atoms with van der Waals surface area (Å²) in [5.41, 5.74) is 1.25. The minimum absolute atomic E-state index is 0.554. The molecule has 1 aromatic heterocycles. The first-order valence-corrected chi connectivity index (χ1v) is 6.01. The first kappa shape index (κ1) is 10.7. The molecule has 15 heavy (non-hydrogen) atoms. The van der Waals surface area contributed by atoms with Crippen LogP contribution >= 0.6 is 0 Å². The van der Waals surface area contributed by atoms with Gasteiger partial charge in [0.1, 0.15) is 0 Å². The summed E-state index contributed by atoms with van der Waals surface area (Å²) in [6.45, 7) is 8.87. The normalized spacial score (nSPS) is 22.8. The first-order valence-electron chi connectivity index (χ1n) is 6.01. The third-order valence-corrected chi connectivity index (χ3v) is 3.28. The Morgan fingerprint density at radius 3 is 2.93 bits per heavy atom. The van der Waals surface area contributed by atoms with Crippen molar-refractivity contribution in [3.63, 3.8) is 0 Å². The van der Waals surface area contributed by atoms with E-state index in [4.69, 9.17) is 0 Å². The summed E-state index contributed by atoms with van der Waals surface area (Å²) < 4.78 is 2.02. The van der Waals surface area contributed by atoms with Crippen molar-refractivity contribution >= 4 is 0 Å². The van der Waals surface area contributed by atoms with Crippen molar-refractivity contribution in [2.24, 2.45) is 0 Å². The molecule has 2 rings (SSSR count). The average Bonchev–Trinajstić information content (AvgIpc) is 2.85. The van der Waals surface area contributed by atoms with Crippen molar-refractivity contribution in [3.05, 3.63) is 18.0 Å². The Kier molecular flexibility index (Phi) is 3.10. The predicted molar refractivity (Wildman–Crippen MR) is 61.7 cm³/mol. The summed E-state index contributed by atoms with van der Waals surface area (Å²) in [5.74, 6) is 0. The maximum absolute atomic E-state index is 4.62. The molecule has 0 aliphatic carbocycles. The van der Waals surface area contributed by atoms with Gasteiger partial charge in [-0.05, 0) is 46.2 Å². The van der Waals surface area contributed by atoms with E-state index in [2.05, 4.69) is 43.0 Å². The SMILES string of the molecule is CCn1ccc(C2CCCN2C(C)C)n1. The Morgan fingerprint density at radius 1 is 1.53 bits per heavy atom. The molecule has 0 amide bonds. The molecule has 2 heterocycles. The van der Waals surface area contributed by atoms with Crippen LogP contribution in [0.1, 0.15) is 45.3 Å². The Morgan fingerprint density at radius 2 is 2.33 bits per heavy atom. The second kappa shape index (κ2) is 4.35. The minimum Gasteiger partial charge on any atom is -0.292 e. The number of hydrogen-bond acceptors (Lipinski definition) is 2. The third kappa shape index (κ3) is 2.07. The lowest BCUT2D eigenvalue weighted by atomic mass is 10.1. The monoisotopic (exact) mass is 207 g/mol. The Labute approximate surface area is 92.1 Å². The van der Waals surface area contributed by atoms with Gasteiger partial charge in [-0.25, -0.2) is 0 Å². The molecule has 1 atom stereocenters. The maximum atomic E-state index is 4.62. The highest BCUT2D eigenvalue weighted by Crippen LogP contribution is 2.32. The van der Waals surface area contributed by atoms with Crippen LogP contribution in [-0.4, -0.2) is 27.3 Å². The average molecular weight is 207 g/mol. The van der Waals surface area contributed by atoms with Gasteiger partial charge in [0, 0.05) is 18.8 Å². The summed E-state index contributed by atoms with van der Waals surface area (Å²) in [6.07, 6.45) is 4.66. The zero-order chi connectivity index (χ0) is 10.8. The predicted octanol–water partition coefficient (Wildman–Crippen LogP) is 2.45. The molecule has 0 N–H and O–H groups in total. The van der Waals surface area contributed by atoms with Crippen molar-refractivity contribution < 1.29 is 0 Å². The summed E-state index contributed by atoms with van der Waals surface area (Å²) in [5, 5.41) is 4.62. The molecule has 0 saturated carbocycles. The highest BCUT2D eigenvalue weighted by Gasteiger charge is 2.29. The minimum atomic E-state index is 0.554. The topological polar surface area (TPSA) is 21.1 Å². The lowest BCUT2D eigenvalue weighted by Crippen LogP contribution is -2.30. The molecule has 1 aromatic rings. The number of nitrogens with zero attached hydrogens (tertiary/aromatic N) is 3. The van der Waals surface area contributed by atoms with Crippen molar-refractivity contribution in [2.45, 2.75) is 52.2 Å². The van der Waals surface area contributed by atoms with Crippen molar-refractivity contribution in [1.29, 1.82) is 0 Å². The van der Waals surface area contributed by atoms with Gasteiger partial charge in [-0.15, -0.1) is 0 Å². The van der Waals surface area contributed by atoms with Gasteiger partial charge in [-0.3, -0.25) is 9.58 Å². The van der Waals surface area contributed by atoms with Gasteiger partial charge >= 0.3 is 0 Å². The highest BCUT2D eigenvalue weighted by molar-refractivity contribution is 5.08. The third-order valence-electron chi connectivity index (χ3n) is 3.28. The molecule has 1 unspecified atom stereocenters. The van der Waals surface area contributed by atoms with Crippen molar-refractivity contribution in [1.82, 2.24) is 14.7 Å². The molecule has 0 radical (unpaired) electrons. The van der Waals surface area contributed by atoms with Crippen LogP contribution < -0.4 is 0 Å². The van der Waals surface area contributed by atoms with Crippen LogP contribution in [0.25, 0.3) is 0 Å². The zero-order valence-corrected chi connectivity index (χ0v) is 9.98. The molecular formula is C12H21N3. The largest absolute Gasteiger partial charge is 0.292 e. The summed E-state index contributed by atoms with van der Waals surface area (Å²) in [6, 6.07) is 3.36. The van der Waals surface area contributed by atoms with E-state index in [0.29, 0.717) is 12.1 Å². The van der Waals surface area contributed by atoms with E-state index in [1.807, 2.05) is 4.68 Å². The second-order valence-corrected chi connectivity index (χ2v) is 4.59. The zero-order valence-electron chi connectivity index (χ0n) is 9.98. The van der Waals surface area contributed by atoms with E-state index in [9.17, 15) is 0 Å². The number of aromatic nitrogens is 2. The number of rotatable bonds is 3. The lowest BCUT2D eigenvalue weighted by molar-refractivity contribution is 0.201. The van der Waals surface area contributed by atoms with Gasteiger partial charge in [-0.2, -0.15) is 5.10 Å². The summed E-state index contributed by atoms with van der Waals surface area (Å²) >= 11 is 0. The summed E-state index contributed by atoms with van der Waals surface area (Å²) in [4.78, 5) is 2.56. The van der Waals surface area contributed by atoms with Gasteiger partial charge in [0.25, 0.3) is 0 Å². The van der Waals surface area contributed by atoms with E-state index in [0.717, 1.165) is 6.54 Å². The fourth-order valence-electron chi connectivity index (χ4n) is 2.46. The number of aryl methyl sites for hydroxylation is 1. The maximum Gasteiger partial charge on any atom is 0.0796 e. The molecule has 3 heteroatoms. The van der Waals surface area contributed by atoms with Crippen LogP contribution in [-0.2, 0) is 6.54 Å². The standard InChI is InChI=1S/C12H21N3/c1-4-14-9-7-11(13-14)12-6-5-8-15(12)10(2)3/h7,9-10,12H,4-6,8H2,1-3H3. The lowest BCUT2D eigenvalue weighted by Gasteiger charge is -2.26. The Balaban J connectivity index is 2.15. The summed E-state index contributed by atoms with van der Waals surface area (Å²) in [7, 11) is 0. The first-order chi connectivity index (χ1) is 7.22. The van der Waals surface area contributed by atoms with Crippen LogP contribution in [0.2, 0.25) is 0 Å². The van der Waals surface area contributed by atoms with Gasteiger partial charge in [-0.1, -0.05) is 0 Å². The van der Waals surface area contributed by atoms with Crippen LogP contribution in [0.15, 0.2) is 12.3 Å². The van der Waals surface area contributed by atoms with Crippen LogP contribution in [0.3, 0.4) is 0 Å². The smallest absolute Gasteiger partial charge is 0.0796 e. The van der Waals surface area contributed by atoms with Gasteiger partial charge < -0.3 is 0 Å². The van der Waals surface area contributed by atoms with E-state index in [-0.39, 0.29) is 0 Å². The molecular weight excluding hydrogens is 186 g/mol. The molecule has 1 saturated heterocycles. The van der Waals surface area contributed by atoms with E-state index >= 15 is 0 Å². The molecule has 0 spiro atoms. The molecule has 3 nitrogen and oxygen atoms in total. The Bertz CT molecular complexity index is 316. The van der Waals surface area contributed by atoms with Crippen molar-refractivity contribution in [3.8, 4) is 0 Å². The van der Waals surface area contributed by atoms with Crippen LogP contribution in [0.5, 0.6) is 0 Å². The van der Waals surface area contributed by atoms with E-state index in [1.54, 1.807) is 0 Å². The van der Waals surface area contributed by atoms with Gasteiger partial charge in [0.2, 0.25) is 0 Å². The van der Waals surface area contributed by atoms with Gasteiger partial charge in [0.15, 0.2) is 0 Å². The number of likely N-dealkylation sites (tertiary alicyclic amines) is 1. The molecule has 0 aromatic carbocycles. The molecule has 1 aliphatic heterocycles. The quantitative estimate of drug-likeness (QED) is 0.759.